The van der Waals surface area contributed by atoms with Gasteiger partial charge in [0.15, 0.2) is 0 Å². The van der Waals surface area contributed by atoms with E-state index in [1.54, 1.807) is 6.20 Å². The molecule has 1 aromatic carbocycles. The Bertz CT molecular complexity index is 662. The molecule has 0 saturated carbocycles. The van der Waals surface area contributed by atoms with Crippen LogP contribution in [0.4, 0.5) is 0 Å². The molecule has 0 radical (unpaired) electrons. The summed E-state index contributed by atoms with van der Waals surface area (Å²) >= 11 is 0. The molecule has 4 nitrogen and oxygen atoms in total. The lowest BCUT2D eigenvalue weighted by atomic mass is 10.0. The molecule has 0 spiro atoms. The van der Waals surface area contributed by atoms with Gasteiger partial charge in [-0.15, -0.1) is 24.8 Å². The zero-order valence-electron chi connectivity index (χ0n) is 12.1. The number of carbonyl (C=O) groups is 1. The highest BCUT2D eigenvalue weighted by molar-refractivity contribution is 6.05. The van der Waals surface area contributed by atoms with Gasteiger partial charge in [-0.2, -0.15) is 0 Å². The maximum Gasteiger partial charge on any atom is 0.256 e. The fourth-order valence-corrected chi connectivity index (χ4v) is 3.47. The van der Waals surface area contributed by atoms with E-state index in [2.05, 4.69) is 10.3 Å². The van der Waals surface area contributed by atoms with E-state index in [4.69, 9.17) is 0 Å². The number of aromatic nitrogens is 1. The monoisotopic (exact) mass is 339 g/mol. The highest BCUT2D eigenvalue weighted by Gasteiger charge is 2.38. The molecule has 0 unspecified atom stereocenters. The highest BCUT2D eigenvalue weighted by atomic mass is 35.5. The van der Waals surface area contributed by atoms with Gasteiger partial charge in [-0.3, -0.25) is 9.78 Å². The number of rotatable bonds is 1. The van der Waals surface area contributed by atoms with E-state index in [1.165, 1.54) is 0 Å². The molecular weight excluding hydrogens is 321 g/mol. The second kappa shape index (κ2) is 6.82. The van der Waals surface area contributed by atoms with Crippen molar-refractivity contribution in [1.29, 1.82) is 0 Å². The summed E-state index contributed by atoms with van der Waals surface area (Å²) in [5.74, 6) is 1.38. The van der Waals surface area contributed by atoms with E-state index in [0.29, 0.717) is 11.8 Å². The summed E-state index contributed by atoms with van der Waals surface area (Å²) in [6, 6.07) is 9.74. The Hall–Kier alpha value is -1.36. The second-order valence-corrected chi connectivity index (χ2v) is 5.77. The highest BCUT2D eigenvalue weighted by Crippen LogP contribution is 2.28. The minimum Gasteiger partial charge on any atom is -0.338 e. The summed E-state index contributed by atoms with van der Waals surface area (Å²) in [7, 11) is 0. The topological polar surface area (TPSA) is 45.2 Å². The third kappa shape index (κ3) is 2.78. The number of likely N-dealkylation sites (tertiary alicyclic amines) is 1. The molecule has 1 aromatic heterocycles. The first-order valence-corrected chi connectivity index (χ1v) is 7.16. The predicted octanol–water partition coefficient (Wildman–Crippen LogP) is 2.37. The van der Waals surface area contributed by atoms with Crippen LogP contribution in [0, 0.1) is 11.8 Å². The van der Waals surface area contributed by atoms with Gasteiger partial charge in [0, 0.05) is 37.8 Å². The van der Waals surface area contributed by atoms with Crippen molar-refractivity contribution in [3.05, 3.63) is 42.1 Å². The molecule has 118 valence electrons. The molecule has 1 amide bonds. The first-order chi connectivity index (χ1) is 9.83. The number of pyridine rings is 1. The Labute approximate surface area is 142 Å². The van der Waals surface area contributed by atoms with E-state index >= 15 is 0 Å². The van der Waals surface area contributed by atoms with Gasteiger partial charge in [0.2, 0.25) is 0 Å². The minimum absolute atomic E-state index is 0. The minimum atomic E-state index is 0. The van der Waals surface area contributed by atoms with Gasteiger partial charge in [-0.25, -0.2) is 0 Å². The summed E-state index contributed by atoms with van der Waals surface area (Å²) in [4.78, 5) is 19.1. The summed E-state index contributed by atoms with van der Waals surface area (Å²) < 4.78 is 0. The number of benzene rings is 1. The Morgan fingerprint density at radius 2 is 1.77 bits per heavy atom. The molecule has 1 N–H and O–H groups in total. The number of fused-ring (bicyclic) bond motifs is 2. The Morgan fingerprint density at radius 1 is 1.09 bits per heavy atom. The van der Waals surface area contributed by atoms with Gasteiger partial charge in [0.25, 0.3) is 5.91 Å². The number of nitrogens with one attached hydrogen (secondary N) is 1. The van der Waals surface area contributed by atoms with Crippen LogP contribution in [0.2, 0.25) is 0 Å². The van der Waals surface area contributed by atoms with Gasteiger partial charge < -0.3 is 10.2 Å². The van der Waals surface area contributed by atoms with Crippen molar-refractivity contribution in [3.8, 4) is 0 Å². The Balaban J connectivity index is 0.000000882. The third-order valence-corrected chi connectivity index (χ3v) is 4.54. The van der Waals surface area contributed by atoms with Crippen molar-refractivity contribution in [1.82, 2.24) is 15.2 Å². The Morgan fingerprint density at radius 3 is 2.50 bits per heavy atom. The van der Waals surface area contributed by atoms with E-state index in [1.807, 2.05) is 35.2 Å². The van der Waals surface area contributed by atoms with Crippen LogP contribution in [0.5, 0.6) is 0 Å². The number of para-hydroxylation sites is 1. The van der Waals surface area contributed by atoms with Crippen LogP contribution in [0.1, 0.15) is 10.4 Å². The van der Waals surface area contributed by atoms with E-state index in [-0.39, 0.29) is 30.7 Å². The van der Waals surface area contributed by atoms with Crippen molar-refractivity contribution >= 4 is 41.6 Å². The Kier molecular flexibility index (Phi) is 5.27. The van der Waals surface area contributed by atoms with Crippen molar-refractivity contribution in [2.75, 3.05) is 26.2 Å². The standard InChI is InChI=1S/C16H17N3O.2ClH/c20-16(19-9-12-7-17-8-13(12)10-19)14-5-1-3-11-4-2-6-18-15(11)14;;/h1-6,12-13,17H,7-10H2;2*1H/t12-,13+;;. The maximum absolute atomic E-state index is 12.8. The number of hydrogen-bond donors (Lipinski definition) is 1. The number of carbonyl (C=O) groups excluding carboxylic acids is 1. The maximum atomic E-state index is 12.8. The van der Waals surface area contributed by atoms with Crippen molar-refractivity contribution in [2.45, 2.75) is 0 Å². The quantitative estimate of drug-likeness (QED) is 0.867. The van der Waals surface area contributed by atoms with Gasteiger partial charge in [-0.1, -0.05) is 18.2 Å². The summed E-state index contributed by atoms with van der Waals surface area (Å²) in [5, 5.41) is 4.43. The zero-order valence-corrected chi connectivity index (χ0v) is 13.7. The molecule has 2 atom stereocenters. The number of halogens is 2. The van der Waals surface area contributed by atoms with Crippen LogP contribution in [-0.2, 0) is 0 Å². The molecule has 3 heterocycles. The third-order valence-electron chi connectivity index (χ3n) is 4.54. The summed E-state index contributed by atoms with van der Waals surface area (Å²) in [6.45, 7) is 3.84. The molecular formula is C16H19Cl2N3O. The lowest BCUT2D eigenvalue weighted by Crippen LogP contribution is -2.32. The SMILES string of the molecule is Cl.Cl.O=C(c1cccc2cccnc12)N1C[C@H]2CNC[C@H]2C1. The van der Waals surface area contributed by atoms with Crippen LogP contribution in [0.25, 0.3) is 10.9 Å². The van der Waals surface area contributed by atoms with E-state index in [0.717, 1.165) is 42.6 Å². The predicted molar refractivity (Wildman–Crippen MR) is 92.0 cm³/mol. The molecule has 2 fully saturated rings. The van der Waals surface area contributed by atoms with Crippen LogP contribution < -0.4 is 5.32 Å². The largest absolute Gasteiger partial charge is 0.338 e. The van der Waals surface area contributed by atoms with Crippen molar-refractivity contribution in [2.24, 2.45) is 11.8 Å². The summed E-state index contributed by atoms with van der Waals surface area (Å²) in [6.07, 6.45) is 1.75. The fourth-order valence-electron chi connectivity index (χ4n) is 3.47. The first-order valence-electron chi connectivity index (χ1n) is 7.16. The van der Waals surface area contributed by atoms with Crippen LogP contribution >= 0.6 is 24.8 Å². The average molecular weight is 340 g/mol. The normalized spacial score (nSPS) is 22.8. The van der Waals surface area contributed by atoms with Gasteiger partial charge in [0.05, 0.1) is 11.1 Å². The molecule has 2 aromatic rings. The lowest BCUT2D eigenvalue weighted by Gasteiger charge is -2.18. The number of amides is 1. The van der Waals surface area contributed by atoms with E-state index < -0.39 is 0 Å². The van der Waals surface area contributed by atoms with Crippen LogP contribution in [-0.4, -0.2) is 42.0 Å². The number of hydrogen-bond acceptors (Lipinski definition) is 3. The molecule has 4 rings (SSSR count). The second-order valence-electron chi connectivity index (χ2n) is 5.77. The average Bonchev–Trinajstić information content (AvgIpc) is 3.07. The number of nitrogens with zero attached hydrogens (tertiary/aromatic N) is 2. The van der Waals surface area contributed by atoms with Gasteiger partial charge in [-0.05, 0) is 24.0 Å². The molecule has 0 aliphatic carbocycles. The molecule has 0 bridgehead atoms. The first kappa shape index (κ1) is 17.0. The fraction of sp³-hybridized carbons (Fsp3) is 0.375. The zero-order chi connectivity index (χ0) is 13.5. The molecule has 2 saturated heterocycles. The van der Waals surface area contributed by atoms with Gasteiger partial charge in [0.1, 0.15) is 0 Å². The summed E-state index contributed by atoms with van der Waals surface area (Å²) in [5.41, 5.74) is 1.55. The molecule has 6 heteroatoms. The lowest BCUT2D eigenvalue weighted by molar-refractivity contribution is 0.0783. The smallest absolute Gasteiger partial charge is 0.256 e. The molecule has 2 aliphatic rings. The van der Waals surface area contributed by atoms with Gasteiger partial charge >= 0.3 is 0 Å². The van der Waals surface area contributed by atoms with Crippen LogP contribution in [0.15, 0.2) is 36.5 Å². The molecule has 22 heavy (non-hydrogen) atoms. The molecule has 2 aliphatic heterocycles. The van der Waals surface area contributed by atoms with Crippen molar-refractivity contribution < 1.29 is 4.79 Å². The van der Waals surface area contributed by atoms with Crippen molar-refractivity contribution in [3.63, 3.8) is 0 Å². The van der Waals surface area contributed by atoms with E-state index in [9.17, 15) is 4.79 Å². The van der Waals surface area contributed by atoms with Crippen LogP contribution in [0.3, 0.4) is 0 Å².